The Morgan fingerprint density at radius 3 is 3.00 bits per heavy atom. The number of carbonyl (C=O) groups excluding carboxylic acids is 1. The lowest BCUT2D eigenvalue weighted by Gasteiger charge is -2.33. The Labute approximate surface area is 139 Å². The van der Waals surface area contributed by atoms with Gasteiger partial charge >= 0.3 is 5.97 Å². The Balaban J connectivity index is 1.89. The zero-order valence-electron chi connectivity index (χ0n) is 12.0. The number of piperidine rings is 1. The Bertz CT molecular complexity index is 499. The monoisotopic (exact) mass is 347 g/mol. The number of esters is 1. The zero-order chi connectivity index (χ0) is 15.2. The van der Waals surface area contributed by atoms with Crippen molar-refractivity contribution in [1.29, 1.82) is 0 Å². The van der Waals surface area contributed by atoms with E-state index in [1.165, 1.54) is 7.11 Å². The van der Waals surface area contributed by atoms with Crippen LogP contribution in [0.15, 0.2) is 23.1 Å². The van der Waals surface area contributed by atoms with E-state index in [1.54, 1.807) is 17.8 Å². The molecule has 0 aliphatic carbocycles. The van der Waals surface area contributed by atoms with Crippen LogP contribution < -0.4 is 0 Å². The summed E-state index contributed by atoms with van der Waals surface area (Å²) in [4.78, 5) is 15.0. The predicted molar refractivity (Wildman–Crippen MR) is 88.4 cm³/mol. The van der Waals surface area contributed by atoms with Gasteiger partial charge in [0.2, 0.25) is 0 Å². The van der Waals surface area contributed by atoms with Crippen molar-refractivity contribution in [3.05, 3.63) is 28.2 Å². The van der Waals surface area contributed by atoms with Crippen LogP contribution in [0.3, 0.4) is 0 Å². The Hall–Kier alpha value is -0.420. The maximum Gasteiger partial charge on any atom is 0.323 e. The third-order valence-electron chi connectivity index (χ3n) is 3.62. The highest BCUT2D eigenvalue weighted by Gasteiger charge is 2.28. The van der Waals surface area contributed by atoms with Crippen molar-refractivity contribution in [1.82, 2.24) is 4.90 Å². The molecule has 1 aliphatic heterocycles. The van der Waals surface area contributed by atoms with Gasteiger partial charge in [-0.3, -0.25) is 9.69 Å². The van der Waals surface area contributed by atoms with Crippen molar-refractivity contribution in [3.63, 3.8) is 0 Å². The lowest BCUT2D eigenvalue weighted by Crippen LogP contribution is -2.46. The van der Waals surface area contributed by atoms with Crippen molar-refractivity contribution in [2.45, 2.75) is 30.2 Å². The van der Waals surface area contributed by atoms with Crippen LogP contribution in [0.2, 0.25) is 10.0 Å². The van der Waals surface area contributed by atoms with Crippen LogP contribution in [-0.4, -0.2) is 42.9 Å². The summed E-state index contributed by atoms with van der Waals surface area (Å²) in [5.74, 6) is 0.744. The van der Waals surface area contributed by atoms with Crippen LogP contribution in [-0.2, 0) is 9.53 Å². The fraction of sp³-hybridized carbons (Fsp3) is 0.533. The smallest absolute Gasteiger partial charge is 0.323 e. The van der Waals surface area contributed by atoms with Crippen LogP contribution >= 0.6 is 35.0 Å². The van der Waals surface area contributed by atoms with Crippen molar-refractivity contribution >= 4 is 40.9 Å². The second-order valence-corrected chi connectivity index (χ2v) is 6.97. The molecule has 0 aromatic heterocycles. The second kappa shape index (κ2) is 8.28. The molecule has 1 aromatic rings. The molecule has 116 valence electrons. The zero-order valence-corrected chi connectivity index (χ0v) is 14.3. The van der Waals surface area contributed by atoms with Gasteiger partial charge in [0.15, 0.2) is 0 Å². The minimum Gasteiger partial charge on any atom is -0.468 e. The van der Waals surface area contributed by atoms with Gasteiger partial charge in [-0.15, -0.1) is 11.8 Å². The van der Waals surface area contributed by atoms with E-state index in [9.17, 15) is 4.79 Å². The summed E-state index contributed by atoms with van der Waals surface area (Å²) in [6.07, 6.45) is 3.11. The molecular formula is C15H19Cl2NO2S. The molecule has 21 heavy (non-hydrogen) atoms. The summed E-state index contributed by atoms with van der Waals surface area (Å²) in [6, 6.07) is 5.37. The van der Waals surface area contributed by atoms with E-state index < -0.39 is 0 Å². The number of hydrogen-bond donors (Lipinski definition) is 0. The number of likely N-dealkylation sites (tertiary alicyclic amines) is 1. The summed E-state index contributed by atoms with van der Waals surface area (Å²) in [5.41, 5.74) is 0. The molecule has 1 saturated heterocycles. The molecule has 1 atom stereocenters. The maximum absolute atomic E-state index is 11.8. The van der Waals surface area contributed by atoms with Crippen molar-refractivity contribution < 1.29 is 9.53 Å². The average molecular weight is 348 g/mol. The first kappa shape index (κ1) is 16.9. The number of hydrogen-bond acceptors (Lipinski definition) is 4. The molecule has 1 fully saturated rings. The van der Waals surface area contributed by atoms with Gasteiger partial charge in [-0.05, 0) is 37.6 Å². The van der Waals surface area contributed by atoms with Gasteiger partial charge in [0.1, 0.15) is 6.04 Å². The lowest BCUT2D eigenvalue weighted by molar-refractivity contribution is -0.148. The average Bonchev–Trinajstić information content (AvgIpc) is 2.50. The Morgan fingerprint density at radius 2 is 2.24 bits per heavy atom. The molecular weight excluding hydrogens is 329 g/mol. The minimum atomic E-state index is -0.125. The number of thioether (sulfide) groups is 1. The minimum absolute atomic E-state index is 0.0980. The van der Waals surface area contributed by atoms with E-state index in [1.807, 2.05) is 12.1 Å². The number of nitrogens with zero attached hydrogens (tertiary/aromatic N) is 1. The third-order valence-corrected chi connectivity index (χ3v) is 5.33. The Kier molecular flexibility index (Phi) is 6.68. The van der Waals surface area contributed by atoms with E-state index in [0.29, 0.717) is 10.0 Å². The first-order chi connectivity index (χ1) is 10.1. The predicted octanol–water partition coefficient (Wildman–Crippen LogP) is 4.11. The number of methoxy groups -OCH3 is 1. The number of ether oxygens (including phenoxy) is 1. The number of rotatable bonds is 5. The van der Waals surface area contributed by atoms with Crippen LogP contribution in [0, 0.1) is 0 Å². The summed E-state index contributed by atoms with van der Waals surface area (Å²) >= 11 is 13.8. The highest BCUT2D eigenvalue weighted by molar-refractivity contribution is 7.99. The molecule has 1 aliphatic rings. The van der Waals surface area contributed by atoms with E-state index in [-0.39, 0.29) is 12.0 Å². The van der Waals surface area contributed by atoms with Crippen LogP contribution in [0.5, 0.6) is 0 Å². The van der Waals surface area contributed by atoms with E-state index in [4.69, 9.17) is 27.9 Å². The summed E-state index contributed by atoms with van der Waals surface area (Å²) < 4.78 is 4.89. The molecule has 1 heterocycles. The Morgan fingerprint density at radius 1 is 1.43 bits per heavy atom. The van der Waals surface area contributed by atoms with Crippen LogP contribution in [0.4, 0.5) is 0 Å². The van der Waals surface area contributed by atoms with Gasteiger partial charge in [-0.2, -0.15) is 0 Å². The molecule has 0 bridgehead atoms. The van der Waals surface area contributed by atoms with Gasteiger partial charge in [0, 0.05) is 22.2 Å². The highest BCUT2D eigenvalue weighted by Crippen LogP contribution is 2.30. The van der Waals surface area contributed by atoms with Gasteiger partial charge in [-0.1, -0.05) is 29.6 Å². The molecule has 0 radical (unpaired) electrons. The highest BCUT2D eigenvalue weighted by atomic mass is 35.5. The largest absolute Gasteiger partial charge is 0.468 e. The molecule has 6 heteroatoms. The number of benzene rings is 1. The molecule has 1 unspecified atom stereocenters. The third kappa shape index (κ3) is 4.78. The maximum atomic E-state index is 11.8. The SMILES string of the molecule is COC(=O)C1CCCCN1CCSc1cc(Cl)ccc1Cl. The summed E-state index contributed by atoms with van der Waals surface area (Å²) in [6.45, 7) is 1.79. The quantitative estimate of drug-likeness (QED) is 0.592. The molecule has 0 saturated carbocycles. The fourth-order valence-corrected chi connectivity index (χ4v) is 4.00. The molecule has 1 aromatic carbocycles. The van der Waals surface area contributed by atoms with E-state index in [0.717, 1.165) is 43.0 Å². The van der Waals surface area contributed by atoms with Crippen molar-refractivity contribution in [3.8, 4) is 0 Å². The first-order valence-electron chi connectivity index (χ1n) is 7.01. The fourth-order valence-electron chi connectivity index (χ4n) is 2.52. The number of halogens is 2. The van der Waals surface area contributed by atoms with E-state index in [2.05, 4.69) is 4.90 Å². The second-order valence-electron chi connectivity index (χ2n) is 4.99. The standard InChI is InChI=1S/C15H19Cl2NO2S/c1-20-15(19)13-4-2-3-7-18(13)8-9-21-14-10-11(16)5-6-12(14)17/h5-6,10,13H,2-4,7-9H2,1H3. The van der Waals surface area contributed by atoms with Crippen LogP contribution in [0.1, 0.15) is 19.3 Å². The lowest BCUT2D eigenvalue weighted by atomic mass is 10.0. The van der Waals surface area contributed by atoms with Gasteiger partial charge in [0.25, 0.3) is 0 Å². The normalized spacial score (nSPS) is 19.5. The number of carbonyl (C=O) groups is 1. The van der Waals surface area contributed by atoms with Gasteiger partial charge < -0.3 is 4.74 Å². The van der Waals surface area contributed by atoms with Gasteiger partial charge in [0.05, 0.1) is 12.1 Å². The van der Waals surface area contributed by atoms with Crippen molar-refractivity contribution in [2.24, 2.45) is 0 Å². The molecule has 0 spiro atoms. The molecule has 0 amide bonds. The first-order valence-corrected chi connectivity index (χ1v) is 8.75. The van der Waals surface area contributed by atoms with Crippen molar-refractivity contribution in [2.75, 3.05) is 26.0 Å². The molecule has 3 nitrogen and oxygen atoms in total. The van der Waals surface area contributed by atoms with E-state index >= 15 is 0 Å². The van der Waals surface area contributed by atoms with Gasteiger partial charge in [-0.25, -0.2) is 0 Å². The topological polar surface area (TPSA) is 29.5 Å². The summed E-state index contributed by atoms with van der Waals surface area (Å²) in [5, 5.41) is 1.40. The molecule has 2 rings (SSSR count). The molecule has 0 N–H and O–H groups in total. The summed E-state index contributed by atoms with van der Waals surface area (Å²) in [7, 11) is 1.45. The van der Waals surface area contributed by atoms with Crippen LogP contribution in [0.25, 0.3) is 0 Å².